The third kappa shape index (κ3) is 2.29. The molecule has 0 radical (unpaired) electrons. The number of halogens is 1. The number of rotatable bonds is 3. The van der Waals surface area contributed by atoms with Gasteiger partial charge < -0.3 is 5.32 Å². The molecule has 1 aliphatic rings. The molecule has 18 heavy (non-hydrogen) atoms. The molecule has 0 saturated heterocycles. The summed E-state index contributed by atoms with van der Waals surface area (Å²) in [6.45, 7) is 0. The molecule has 94 valence electrons. The highest BCUT2D eigenvalue weighted by atomic mass is 35.5. The van der Waals surface area contributed by atoms with E-state index < -0.39 is 0 Å². The first-order valence-electron chi connectivity index (χ1n) is 6.19. The lowest BCUT2D eigenvalue weighted by Crippen LogP contribution is -2.24. The minimum Gasteiger partial charge on any atom is -0.310 e. The normalized spacial score (nSPS) is 15.8. The van der Waals surface area contributed by atoms with Gasteiger partial charge in [0.2, 0.25) is 0 Å². The third-order valence-electron chi connectivity index (χ3n) is 3.75. The molecule has 0 bridgehead atoms. The summed E-state index contributed by atoms with van der Waals surface area (Å²) >= 11 is 0. The van der Waals surface area contributed by atoms with Gasteiger partial charge in [0.05, 0.1) is 0 Å². The first-order valence-corrected chi connectivity index (χ1v) is 6.19. The topological polar surface area (TPSA) is 12.0 Å². The van der Waals surface area contributed by atoms with Gasteiger partial charge in [0.15, 0.2) is 0 Å². The molecule has 1 nitrogen and oxygen atoms in total. The Morgan fingerprint density at radius 1 is 0.889 bits per heavy atom. The van der Waals surface area contributed by atoms with Gasteiger partial charge in [-0.15, -0.1) is 12.4 Å². The SMILES string of the molecule is CNC1(c2cccc(-c3ccccc3)c2)CC1.Cl. The lowest BCUT2D eigenvalue weighted by atomic mass is 9.98. The molecular weight excluding hydrogens is 242 g/mol. The molecule has 0 aromatic heterocycles. The molecule has 0 spiro atoms. The van der Waals surface area contributed by atoms with Gasteiger partial charge in [0.1, 0.15) is 0 Å². The van der Waals surface area contributed by atoms with Crippen LogP contribution in [0.15, 0.2) is 54.6 Å². The molecule has 2 aromatic rings. The second kappa shape index (κ2) is 5.13. The molecular formula is C16H18ClN. The van der Waals surface area contributed by atoms with Gasteiger partial charge in [-0.2, -0.15) is 0 Å². The number of nitrogens with one attached hydrogen (secondary N) is 1. The summed E-state index contributed by atoms with van der Waals surface area (Å²) in [5.41, 5.74) is 4.28. The summed E-state index contributed by atoms with van der Waals surface area (Å²) in [5.74, 6) is 0. The number of hydrogen-bond acceptors (Lipinski definition) is 1. The largest absolute Gasteiger partial charge is 0.310 e. The van der Waals surface area contributed by atoms with Crippen molar-refractivity contribution in [1.29, 1.82) is 0 Å². The molecule has 0 heterocycles. The van der Waals surface area contributed by atoms with Crippen LogP contribution in [0.5, 0.6) is 0 Å². The zero-order valence-electron chi connectivity index (χ0n) is 10.5. The van der Waals surface area contributed by atoms with E-state index in [9.17, 15) is 0 Å². The van der Waals surface area contributed by atoms with E-state index in [1.807, 2.05) is 0 Å². The monoisotopic (exact) mass is 259 g/mol. The summed E-state index contributed by atoms with van der Waals surface area (Å²) in [7, 11) is 2.06. The van der Waals surface area contributed by atoms with E-state index in [1.54, 1.807) is 0 Å². The Labute approximate surface area is 115 Å². The molecule has 1 N–H and O–H groups in total. The summed E-state index contributed by atoms with van der Waals surface area (Å²) in [4.78, 5) is 0. The van der Waals surface area contributed by atoms with E-state index in [4.69, 9.17) is 0 Å². The van der Waals surface area contributed by atoms with Gasteiger partial charge in [-0.1, -0.05) is 48.5 Å². The fourth-order valence-corrected chi connectivity index (χ4v) is 2.44. The van der Waals surface area contributed by atoms with Crippen LogP contribution in [0.2, 0.25) is 0 Å². The predicted octanol–water partition coefficient (Wildman–Crippen LogP) is 3.98. The van der Waals surface area contributed by atoms with Gasteiger partial charge in [-0.25, -0.2) is 0 Å². The van der Waals surface area contributed by atoms with Crippen molar-refractivity contribution >= 4 is 12.4 Å². The van der Waals surface area contributed by atoms with Crippen molar-refractivity contribution in [2.24, 2.45) is 0 Å². The summed E-state index contributed by atoms with van der Waals surface area (Å²) < 4.78 is 0. The maximum absolute atomic E-state index is 3.45. The maximum Gasteiger partial charge on any atom is 0.0434 e. The quantitative estimate of drug-likeness (QED) is 0.879. The molecule has 0 aliphatic heterocycles. The van der Waals surface area contributed by atoms with E-state index in [0.29, 0.717) is 0 Å². The average Bonchev–Trinajstić information content (AvgIpc) is 3.21. The van der Waals surface area contributed by atoms with Crippen LogP contribution in [0.3, 0.4) is 0 Å². The van der Waals surface area contributed by atoms with Crippen molar-refractivity contribution in [3.8, 4) is 11.1 Å². The Kier molecular flexibility index (Phi) is 3.74. The van der Waals surface area contributed by atoms with Crippen LogP contribution in [0.4, 0.5) is 0 Å². The van der Waals surface area contributed by atoms with Crippen LogP contribution in [-0.2, 0) is 5.54 Å². The van der Waals surface area contributed by atoms with Crippen LogP contribution in [0, 0.1) is 0 Å². The Balaban J connectivity index is 0.00000120. The molecule has 1 fully saturated rings. The van der Waals surface area contributed by atoms with Gasteiger partial charge in [0, 0.05) is 5.54 Å². The zero-order chi connectivity index (χ0) is 11.7. The molecule has 1 saturated carbocycles. The highest BCUT2D eigenvalue weighted by Crippen LogP contribution is 2.45. The van der Waals surface area contributed by atoms with Gasteiger partial charge in [-0.05, 0) is 42.6 Å². The van der Waals surface area contributed by atoms with Gasteiger partial charge >= 0.3 is 0 Å². The van der Waals surface area contributed by atoms with Crippen molar-refractivity contribution < 1.29 is 0 Å². The van der Waals surface area contributed by atoms with Crippen LogP contribution in [0.25, 0.3) is 11.1 Å². The number of hydrogen-bond donors (Lipinski definition) is 1. The standard InChI is InChI=1S/C16H17N.ClH/c1-17-16(10-11-16)15-9-5-8-14(12-15)13-6-3-2-4-7-13;/h2-9,12,17H,10-11H2,1H3;1H. The lowest BCUT2D eigenvalue weighted by molar-refractivity contribution is 0.586. The summed E-state index contributed by atoms with van der Waals surface area (Å²) in [5, 5.41) is 3.45. The molecule has 0 unspecified atom stereocenters. The first-order chi connectivity index (χ1) is 8.34. The van der Waals surface area contributed by atoms with Crippen molar-refractivity contribution in [3.05, 3.63) is 60.2 Å². The fraction of sp³-hybridized carbons (Fsp3) is 0.250. The van der Waals surface area contributed by atoms with Crippen molar-refractivity contribution in [1.82, 2.24) is 5.32 Å². The zero-order valence-corrected chi connectivity index (χ0v) is 11.3. The van der Waals surface area contributed by atoms with Crippen molar-refractivity contribution in [2.75, 3.05) is 7.05 Å². The Hall–Kier alpha value is -1.31. The Morgan fingerprint density at radius 2 is 1.56 bits per heavy atom. The minimum atomic E-state index is 0. The Bertz CT molecular complexity index is 518. The van der Waals surface area contributed by atoms with Crippen molar-refractivity contribution in [3.63, 3.8) is 0 Å². The average molecular weight is 260 g/mol. The predicted molar refractivity (Wildman–Crippen MR) is 79.1 cm³/mol. The van der Waals surface area contributed by atoms with Crippen molar-refractivity contribution in [2.45, 2.75) is 18.4 Å². The second-order valence-corrected chi connectivity index (χ2v) is 4.78. The number of benzene rings is 2. The second-order valence-electron chi connectivity index (χ2n) is 4.78. The molecule has 1 aliphatic carbocycles. The van der Waals surface area contributed by atoms with Crippen LogP contribution < -0.4 is 5.32 Å². The minimum absolute atomic E-state index is 0. The van der Waals surface area contributed by atoms with E-state index >= 15 is 0 Å². The molecule has 3 rings (SSSR count). The van der Waals surface area contributed by atoms with Crippen LogP contribution >= 0.6 is 12.4 Å². The highest BCUT2D eigenvalue weighted by molar-refractivity contribution is 5.85. The first kappa shape index (κ1) is 13.1. The molecule has 2 aromatic carbocycles. The third-order valence-corrected chi connectivity index (χ3v) is 3.75. The van der Waals surface area contributed by atoms with E-state index in [-0.39, 0.29) is 17.9 Å². The fourth-order valence-electron chi connectivity index (χ4n) is 2.44. The summed E-state index contributed by atoms with van der Waals surface area (Å²) in [6, 6.07) is 19.5. The van der Waals surface area contributed by atoms with E-state index in [0.717, 1.165) is 0 Å². The highest BCUT2D eigenvalue weighted by Gasteiger charge is 2.42. The van der Waals surface area contributed by atoms with Gasteiger partial charge in [-0.3, -0.25) is 0 Å². The maximum atomic E-state index is 3.45. The molecule has 0 amide bonds. The Morgan fingerprint density at radius 3 is 2.17 bits per heavy atom. The van der Waals surface area contributed by atoms with E-state index in [2.05, 4.69) is 67.0 Å². The molecule has 2 heteroatoms. The van der Waals surface area contributed by atoms with E-state index in [1.165, 1.54) is 29.5 Å². The summed E-state index contributed by atoms with van der Waals surface area (Å²) in [6.07, 6.45) is 2.50. The van der Waals surface area contributed by atoms with Crippen LogP contribution in [-0.4, -0.2) is 7.05 Å². The van der Waals surface area contributed by atoms with Crippen LogP contribution in [0.1, 0.15) is 18.4 Å². The smallest absolute Gasteiger partial charge is 0.0434 e. The molecule has 0 atom stereocenters. The van der Waals surface area contributed by atoms with Gasteiger partial charge in [0.25, 0.3) is 0 Å². The lowest BCUT2D eigenvalue weighted by Gasteiger charge is -2.15.